The van der Waals surface area contributed by atoms with Crippen LogP contribution in [-0.2, 0) is 0 Å². The Labute approximate surface area is 109 Å². The lowest BCUT2D eigenvalue weighted by atomic mass is 10.2. The number of azo groups is 1. The number of rotatable bonds is 2. The molecule has 1 aromatic carbocycles. The van der Waals surface area contributed by atoms with E-state index in [0.717, 1.165) is 16.5 Å². The molecule has 19 heavy (non-hydrogen) atoms. The summed E-state index contributed by atoms with van der Waals surface area (Å²) < 4.78 is 0. The van der Waals surface area contributed by atoms with Crippen LogP contribution in [-0.4, -0.2) is 15.1 Å². The summed E-state index contributed by atoms with van der Waals surface area (Å²) in [7, 11) is 0. The number of aromatic amines is 1. The number of aromatic nitrogens is 2. The third kappa shape index (κ3) is 2.18. The number of benzene rings is 1. The van der Waals surface area contributed by atoms with Gasteiger partial charge in [-0.25, -0.2) is 4.98 Å². The highest BCUT2D eigenvalue weighted by Gasteiger charge is 2.10. The largest absolute Gasteiger partial charge is 0.493 e. The van der Waals surface area contributed by atoms with E-state index in [1.54, 1.807) is 12.3 Å². The van der Waals surface area contributed by atoms with Crippen molar-refractivity contribution in [3.63, 3.8) is 0 Å². The minimum absolute atomic E-state index is 0.0141. The SMILES string of the molecule is Cc1ccc2[nH]c(O)c(N=Nc3ccccn3)c2c1. The molecule has 2 N–H and O–H groups in total. The first-order chi connectivity index (χ1) is 9.24. The van der Waals surface area contributed by atoms with Crippen molar-refractivity contribution in [1.29, 1.82) is 0 Å². The second-order valence-electron chi connectivity index (χ2n) is 4.26. The minimum Gasteiger partial charge on any atom is -0.493 e. The topological polar surface area (TPSA) is 73.6 Å². The molecular formula is C14H12N4O. The van der Waals surface area contributed by atoms with Crippen LogP contribution >= 0.6 is 0 Å². The molecule has 0 spiro atoms. The van der Waals surface area contributed by atoms with Crippen molar-refractivity contribution < 1.29 is 5.11 Å². The smallest absolute Gasteiger partial charge is 0.218 e. The van der Waals surface area contributed by atoms with Gasteiger partial charge in [-0.05, 0) is 31.2 Å². The molecule has 94 valence electrons. The van der Waals surface area contributed by atoms with Crippen LogP contribution in [0.3, 0.4) is 0 Å². The molecule has 2 aromatic heterocycles. The van der Waals surface area contributed by atoms with E-state index in [4.69, 9.17) is 0 Å². The number of pyridine rings is 1. The van der Waals surface area contributed by atoms with Crippen molar-refractivity contribution in [2.75, 3.05) is 0 Å². The van der Waals surface area contributed by atoms with E-state index in [0.29, 0.717) is 11.5 Å². The predicted molar refractivity (Wildman–Crippen MR) is 73.1 cm³/mol. The Kier molecular flexibility index (Phi) is 2.72. The molecule has 0 radical (unpaired) electrons. The van der Waals surface area contributed by atoms with Crippen molar-refractivity contribution in [2.24, 2.45) is 10.2 Å². The number of hydrogen-bond donors (Lipinski definition) is 2. The van der Waals surface area contributed by atoms with Gasteiger partial charge >= 0.3 is 0 Å². The summed E-state index contributed by atoms with van der Waals surface area (Å²) in [5.74, 6) is 0.518. The van der Waals surface area contributed by atoms with Crippen molar-refractivity contribution in [3.8, 4) is 5.88 Å². The number of fused-ring (bicyclic) bond motifs is 1. The van der Waals surface area contributed by atoms with Gasteiger partial charge in [-0.1, -0.05) is 17.7 Å². The molecule has 0 aliphatic heterocycles. The van der Waals surface area contributed by atoms with Gasteiger partial charge in [0.05, 0.1) is 5.52 Å². The fourth-order valence-electron chi connectivity index (χ4n) is 1.89. The van der Waals surface area contributed by atoms with Gasteiger partial charge < -0.3 is 10.1 Å². The zero-order valence-electron chi connectivity index (χ0n) is 10.3. The quantitative estimate of drug-likeness (QED) is 0.676. The second-order valence-corrected chi connectivity index (χ2v) is 4.26. The fourth-order valence-corrected chi connectivity index (χ4v) is 1.89. The summed E-state index contributed by atoms with van der Waals surface area (Å²) in [4.78, 5) is 6.93. The Morgan fingerprint density at radius 3 is 2.84 bits per heavy atom. The highest BCUT2D eigenvalue weighted by Crippen LogP contribution is 2.36. The third-order valence-electron chi connectivity index (χ3n) is 2.81. The lowest BCUT2D eigenvalue weighted by molar-refractivity contribution is 0.459. The van der Waals surface area contributed by atoms with Crippen molar-refractivity contribution in [2.45, 2.75) is 6.92 Å². The van der Waals surface area contributed by atoms with E-state index >= 15 is 0 Å². The van der Waals surface area contributed by atoms with Crippen LogP contribution in [0.2, 0.25) is 0 Å². The average molecular weight is 252 g/mol. The Balaban J connectivity index is 2.07. The number of nitrogens with zero attached hydrogens (tertiary/aromatic N) is 3. The Bertz CT molecular complexity index is 747. The first-order valence-electron chi connectivity index (χ1n) is 5.88. The summed E-state index contributed by atoms with van der Waals surface area (Å²) in [6.45, 7) is 1.99. The normalized spacial score (nSPS) is 11.4. The van der Waals surface area contributed by atoms with Crippen LogP contribution in [0.15, 0.2) is 52.8 Å². The molecule has 0 fully saturated rings. The average Bonchev–Trinajstić information content (AvgIpc) is 2.73. The van der Waals surface area contributed by atoms with Gasteiger partial charge in [-0.3, -0.25) is 0 Å². The maximum atomic E-state index is 9.87. The number of nitrogens with one attached hydrogen (secondary N) is 1. The van der Waals surface area contributed by atoms with Gasteiger partial charge in [0.15, 0.2) is 11.5 Å². The van der Waals surface area contributed by atoms with Crippen LogP contribution in [0.4, 0.5) is 11.5 Å². The van der Waals surface area contributed by atoms with E-state index in [-0.39, 0.29) is 5.88 Å². The van der Waals surface area contributed by atoms with Gasteiger partial charge in [-0.2, -0.15) is 0 Å². The van der Waals surface area contributed by atoms with E-state index in [9.17, 15) is 5.11 Å². The monoisotopic (exact) mass is 252 g/mol. The zero-order chi connectivity index (χ0) is 13.2. The molecule has 0 amide bonds. The number of H-pyrrole nitrogens is 1. The van der Waals surface area contributed by atoms with Gasteiger partial charge in [0, 0.05) is 11.6 Å². The van der Waals surface area contributed by atoms with E-state index in [2.05, 4.69) is 20.2 Å². The first-order valence-corrected chi connectivity index (χ1v) is 5.88. The van der Waals surface area contributed by atoms with Gasteiger partial charge in [-0.15, -0.1) is 10.2 Å². The molecule has 0 bridgehead atoms. The number of aromatic hydroxyl groups is 1. The van der Waals surface area contributed by atoms with Gasteiger partial charge in [0.1, 0.15) is 0 Å². The molecule has 0 aliphatic rings. The standard InChI is InChI=1S/C14H12N4O/c1-9-5-6-11-10(8-9)13(14(19)16-11)18-17-12-4-2-3-7-15-12/h2-8,16,19H,1H3. The Morgan fingerprint density at radius 1 is 1.16 bits per heavy atom. The van der Waals surface area contributed by atoms with Crippen LogP contribution < -0.4 is 0 Å². The lowest BCUT2D eigenvalue weighted by Crippen LogP contribution is -1.71. The summed E-state index contributed by atoms with van der Waals surface area (Å²) in [6.07, 6.45) is 1.65. The molecule has 5 nitrogen and oxygen atoms in total. The zero-order valence-corrected chi connectivity index (χ0v) is 10.3. The number of aryl methyl sites for hydroxylation is 1. The maximum Gasteiger partial charge on any atom is 0.218 e. The summed E-state index contributed by atoms with van der Waals surface area (Å²) in [5.41, 5.74) is 2.36. The molecule has 0 saturated heterocycles. The molecule has 2 heterocycles. The van der Waals surface area contributed by atoms with Crippen molar-refractivity contribution in [1.82, 2.24) is 9.97 Å². The first kappa shape index (κ1) is 11.4. The number of hydrogen-bond acceptors (Lipinski definition) is 4. The second kappa shape index (κ2) is 4.53. The molecule has 5 heteroatoms. The van der Waals surface area contributed by atoms with Crippen LogP contribution in [0.1, 0.15) is 5.56 Å². The summed E-state index contributed by atoms with van der Waals surface area (Å²) in [5, 5.41) is 18.8. The molecule has 0 atom stereocenters. The summed E-state index contributed by atoms with van der Waals surface area (Å²) >= 11 is 0. The van der Waals surface area contributed by atoms with Gasteiger partial charge in [0.2, 0.25) is 5.88 Å². The molecule has 3 rings (SSSR count). The van der Waals surface area contributed by atoms with Crippen molar-refractivity contribution in [3.05, 3.63) is 48.2 Å². The Morgan fingerprint density at radius 2 is 2.05 bits per heavy atom. The highest BCUT2D eigenvalue weighted by atomic mass is 16.3. The van der Waals surface area contributed by atoms with Gasteiger partial charge in [0.25, 0.3) is 0 Å². The highest BCUT2D eigenvalue weighted by molar-refractivity contribution is 5.94. The van der Waals surface area contributed by atoms with Crippen LogP contribution in [0.5, 0.6) is 5.88 Å². The molecule has 0 aliphatic carbocycles. The maximum absolute atomic E-state index is 9.87. The summed E-state index contributed by atoms with van der Waals surface area (Å²) in [6, 6.07) is 11.2. The van der Waals surface area contributed by atoms with Crippen LogP contribution in [0.25, 0.3) is 10.9 Å². The third-order valence-corrected chi connectivity index (χ3v) is 2.81. The molecule has 0 saturated carbocycles. The van der Waals surface area contributed by atoms with E-state index < -0.39 is 0 Å². The van der Waals surface area contributed by atoms with E-state index in [1.807, 2.05) is 37.3 Å². The predicted octanol–water partition coefficient (Wildman–Crippen LogP) is 3.99. The fraction of sp³-hybridized carbons (Fsp3) is 0.0714. The molecule has 0 unspecified atom stereocenters. The van der Waals surface area contributed by atoms with Crippen LogP contribution in [0, 0.1) is 6.92 Å². The molecular weight excluding hydrogens is 240 g/mol. The molecule has 3 aromatic rings. The van der Waals surface area contributed by atoms with E-state index in [1.165, 1.54) is 0 Å². The Hall–Kier alpha value is -2.69. The minimum atomic E-state index is 0.0141. The lowest BCUT2D eigenvalue weighted by Gasteiger charge is -1.94. The van der Waals surface area contributed by atoms with Crippen molar-refractivity contribution >= 4 is 22.4 Å².